The number of aromatic nitrogens is 7. The highest BCUT2D eigenvalue weighted by atomic mass is 15.2. The van der Waals surface area contributed by atoms with E-state index in [1.807, 2.05) is 141 Å². The van der Waals surface area contributed by atoms with E-state index in [4.69, 9.17) is 42.2 Å². The van der Waals surface area contributed by atoms with Crippen LogP contribution in [0.25, 0.3) is 118 Å². The number of hydrogen-bond acceptors (Lipinski definition) is 8. The normalized spacial score (nSPS) is 15.8. The molecule has 13 aromatic carbocycles. The second-order valence-electron chi connectivity index (χ2n) is 31.9. The van der Waals surface area contributed by atoms with E-state index in [0.29, 0.717) is 84.2 Å². The van der Waals surface area contributed by atoms with E-state index in [0.717, 1.165) is 16.7 Å². The molecule has 2 aliphatic rings. The largest absolute Gasteiger partial charge is 0.311 e. The van der Waals surface area contributed by atoms with Crippen molar-refractivity contribution >= 4 is 79.0 Å². The average molecular weight is 1450 g/mol. The van der Waals surface area contributed by atoms with E-state index in [1.54, 1.807) is 18.2 Å². The van der Waals surface area contributed by atoms with Crippen LogP contribution in [0.1, 0.15) is 137 Å². The Morgan fingerprint density at radius 3 is 1.09 bits per heavy atom. The zero-order valence-electron chi connectivity index (χ0n) is 85.7. The molecule has 0 amide bonds. The van der Waals surface area contributed by atoms with Crippen LogP contribution in [0.3, 0.4) is 0 Å². The topological polar surface area (TPSA) is 88.8 Å². The molecule has 534 valence electrons. The molecular formula is C100H86BN9. The fraction of sp³-hybridized carbons (Fsp3) is 0.160. The van der Waals surface area contributed by atoms with Crippen molar-refractivity contribution in [2.75, 3.05) is 9.80 Å². The standard InChI is InChI=1S/C100H86BN9/c1-97(2,3)71-47-52-84(78(60-71)95-104-91(64-34-20-14-21-35-64)102-92(105-95)65-36-22-15-23-37-65)109-86-56-68(63-32-18-13-19-33-63)46-50-80(86)101-81-51-49-75(108-82-44-30-28-42-76(82)77-43-29-31-45-83(77)108)62-87(81)110(89-58-70(57-88(109)90(89)101)69-54-73(99(7,8)9)59-74(55-69)100(10,11)12)85-53-48-72(98(4,5)6)61-79(85)96-106-93(66-38-24-16-25-39-66)103-94(107-96)67-40-26-17-27-41-67/h13-62H,1-12H3/i13D,16D,17D,18D,19D,24D,25D,26D,27D,28D,29D,30D,31D,32D,33D,38D,39D,40D,41D,42D,43D,44D,45D. The second kappa shape index (κ2) is 26.6. The van der Waals surface area contributed by atoms with Crippen molar-refractivity contribution in [2.45, 2.75) is 105 Å². The van der Waals surface area contributed by atoms with Gasteiger partial charge in [0.05, 0.1) is 53.9 Å². The van der Waals surface area contributed by atoms with Gasteiger partial charge in [-0.05, 0) is 149 Å². The van der Waals surface area contributed by atoms with Gasteiger partial charge in [0.2, 0.25) is 0 Å². The third-order valence-electron chi connectivity index (χ3n) is 20.6. The minimum absolute atomic E-state index is 0.102. The smallest absolute Gasteiger partial charge is 0.252 e. The zero-order valence-corrected chi connectivity index (χ0v) is 62.7. The van der Waals surface area contributed by atoms with Crippen molar-refractivity contribution in [1.29, 1.82) is 0 Å². The molecule has 0 bridgehead atoms. The summed E-state index contributed by atoms with van der Waals surface area (Å²) in [6.45, 7) is 23.9. The van der Waals surface area contributed by atoms with Crippen LogP contribution in [0, 0.1) is 0 Å². The SMILES string of the molecule is [2H]c1c([2H])c([2H])c(-c2ccc3c(c2)N(c2ccc(C(C)(C)C)cc2-c2nc(-c4ccccc4)nc(-c4ccccc4)n2)c2cc(-c4cc(C(C)(C)C)cc(C(C)(C)C)c4)cc4c2B3c2ccc(-n3c5c([2H])c([2H])c([2H])c([2H])c5c5c([2H])c([2H])c([2H])c([2H])c53)cc2N4c2ccc(C(C)(C)C)cc2-c2nc(-c3c([2H])c([2H])c([2H])c([2H])c3[2H])nc(-c3c([2H])c([2H])c([2H])c([2H])c3[2H])n2)c([2H])c1[2H]. The minimum atomic E-state index is -0.997. The van der Waals surface area contributed by atoms with Gasteiger partial charge in [-0.15, -0.1) is 0 Å². The van der Waals surface area contributed by atoms with Crippen molar-refractivity contribution in [2.24, 2.45) is 0 Å². The van der Waals surface area contributed by atoms with Crippen molar-refractivity contribution in [3.05, 3.63) is 325 Å². The molecule has 0 spiro atoms. The first-order chi connectivity index (χ1) is 62.6. The van der Waals surface area contributed by atoms with E-state index in [1.165, 1.54) is 4.57 Å². The molecule has 0 N–H and O–H groups in total. The molecule has 0 fully saturated rings. The Kier molecular flexibility index (Phi) is 11.6. The van der Waals surface area contributed by atoms with Crippen LogP contribution in [0.2, 0.25) is 0 Å². The fourth-order valence-corrected chi connectivity index (χ4v) is 14.8. The maximum Gasteiger partial charge on any atom is 0.252 e. The third kappa shape index (κ3) is 12.4. The highest BCUT2D eigenvalue weighted by molar-refractivity contribution is 7.00. The van der Waals surface area contributed by atoms with Crippen LogP contribution in [-0.4, -0.2) is 41.2 Å². The van der Waals surface area contributed by atoms with Gasteiger partial charge >= 0.3 is 0 Å². The van der Waals surface area contributed by atoms with E-state index in [-0.39, 0.29) is 67.2 Å². The molecule has 0 aliphatic carbocycles. The lowest BCUT2D eigenvalue weighted by Gasteiger charge is -2.45. The van der Waals surface area contributed by atoms with Crippen LogP contribution >= 0.6 is 0 Å². The summed E-state index contributed by atoms with van der Waals surface area (Å²) in [5.74, 6) is -0.509. The van der Waals surface area contributed by atoms with E-state index < -0.39 is 190 Å². The van der Waals surface area contributed by atoms with E-state index in [9.17, 15) is 19.2 Å². The Labute approximate surface area is 678 Å². The first-order valence-electron chi connectivity index (χ1n) is 48.0. The summed E-state index contributed by atoms with van der Waals surface area (Å²) in [4.78, 5) is 35.3. The molecule has 0 radical (unpaired) electrons. The molecule has 0 atom stereocenters. The maximum absolute atomic E-state index is 9.92. The lowest BCUT2D eigenvalue weighted by atomic mass is 9.33. The summed E-state index contributed by atoms with van der Waals surface area (Å²) in [5, 5.41) is -0.408. The fourth-order valence-electron chi connectivity index (χ4n) is 14.8. The van der Waals surface area contributed by atoms with Crippen LogP contribution in [0.4, 0.5) is 34.1 Å². The van der Waals surface area contributed by atoms with Gasteiger partial charge < -0.3 is 14.4 Å². The van der Waals surface area contributed by atoms with Crippen LogP contribution in [0.5, 0.6) is 0 Å². The Morgan fingerprint density at radius 2 is 0.645 bits per heavy atom. The number of anilines is 6. The van der Waals surface area contributed by atoms with Gasteiger partial charge in [-0.1, -0.05) is 319 Å². The van der Waals surface area contributed by atoms with Crippen LogP contribution in [-0.2, 0) is 21.7 Å². The van der Waals surface area contributed by atoms with Crippen molar-refractivity contribution in [1.82, 2.24) is 34.5 Å². The van der Waals surface area contributed by atoms with Gasteiger partial charge in [0.15, 0.2) is 34.9 Å². The molecule has 0 saturated carbocycles. The van der Waals surface area contributed by atoms with Gasteiger partial charge in [0, 0.05) is 72.6 Å². The Balaban J connectivity index is 1.07. The number of rotatable bonds is 11. The molecule has 18 rings (SSSR count). The lowest BCUT2D eigenvalue weighted by molar-refractivity contribution is 0.569. The first kappa shape index (κ1) is 47.9. The van der Waals surface area contributed by atoms with Gasteiger partial charge in [-0.25, -0.2) is 29.9 Å². The van der Waals surface area contributed by atoms with E-state index >= 15 is 0 Å². The van der Waals surface area contributed by atoms with Crippen molar-refractivity contribution in [3.63, 3.8) is 0 Å². The monoisotopic (exact) mass is 1450 g/mol. The number of fused-ring (bicyclic) bond motifs is 7. The predicted molar refractivity (Wildman–Crippen MR) is 460 cm³/mol. The van der Waals surface area contributed by atoms with Crippen LogP contribution in [0.15, 0.2) is 303 Å². The highest BCUT2D eigenvalue weighted by Gasteiger charge is 2.46. The summed E-state index contributed by atoms with van der Waals surface area (Å²) in [7, 11) is 0. The number of para-hydroxylation sites is 2. The Hall–Kier alpha value is -12.7. The zero-order chi connectivity index (χ0) is 95.6. The molecule has 5 heterocycles. The molecule has 9 nitrogen and oxygen atoms in total. The molecule has 2 aliphatic heterocycles. The molecule has 3 aromatic heterocycles. The van der Waals surface area contributed by atoms with Crippen molar-refractivity contribution in [3.8, 4) is 96.3 Å². The second-order valence-corrected chi connectivity index (χ2v) is 31.9. The molecule has 0 unspecified atom stereocenters. The summed E-state index contributed by atoms with van der Waals surface area (Å²) >= 11 is 0. The third-order valence-corrected chi connectivity index (χ3v) is 20.6. The van der Waals surface area contributed by atoms with Gasteiger partial charge in [0.1, 0.15) is 0 Å². The summed E-state index contributed by atoms with van der Waals surface area (Å²) < 4.78 is 216. The molecule has 0 saturated heterocycles. The van der Waals surface area contributed by atoms with Crippen LogP contribution < -0.4 is 26.2 Å². The highest BCUT2D eigenvalue weighted by Crippen LogP contribution is 2.52. The first-order valence-corrected chi connectivity index (χ1v) is 36.5. The average Bonchev–Trinajstić information content (AvgIpc) is 1.68. The Morgan fingerprint density at radius 1 is 0.273 bits per heavy atom. The number of nitrogens with zero attached hydrogens (tertiary/aromatic N) is 9. The van der Waals surface area contributed by atoms with Gasteiger partial charge in [-0.2, -0.15) is 0 Å². The maximum atomic E-state index is 9.92. The van der Waals surface area contributed by atoms with E-state index in [2.05, 4.69) is 97.5 Å². The molecule has 10 heteroatoms. The predicted octanol–water partition coefficient (Wildman–Crippen LogP) is 23.8. The Bertz CT molecular complexity index is 7410. The van der Waals surface area contributed by atoms with Crippen molar-refractivity contribution < 1.29 is 31.5 Å². The van der Waals surface area contributed by atoms with Gasteiger partial charge in [0.25, 0.3) is 6.71 Å². The lowest BCUT2D eigenvalue weighted by Crippen LogP contribution is -2.61. The summed E-state index contributed by atoms with van der Waals surface area (Å²) in [6.07, 6.45) is 0. The number of benzene rings is 13. The van der Waals surface area contributed by atoms with Gasteiger partial charge in [-0.3, -0.25) is 0 Å². The molecule has 16 aromatic rings. The summed E-state index contributed by atoms with van der Waals surface area (Å²) in [5.41, 5.74) is 6.95. The molecule has 110 heavy (non-hydrogen) atoms. The minimum Gasteiger partial charge on any atom is -0.311 e. The quantitative estimate of drug-likeness (QED) is 0.118. The number of hydrogen-bond donors (Lipinski definition) is 0. The molecular weight excluding hydrogens is 1340 g/mol. The summed E-state index contributed by atoms with van der Waals surface area (Å²) in [6, 6.07) is 36.7.